The van der Waals surface area contributed by atoms with E-state index in [0.29, 0.717) is 18.2 Å². The zero-order valence-corrected chi connectivity index (χ0v) is 9.71. The summed E-state index contributed by atoms with van der Waals surface area (Å²) in [4.78, 5) is 6.34. The van der Waals surface area contributed by atoms with E-state index in [4.69, 9.17) is 15.7 Å². The summed E-state index contributed by atoms with van der Waals surface area (Å²) < 4.78 is 5.34. The maximum absolute atomic E-state index is 8.64. The number of aromatic nitrogens is 1. The van der Waals surface area contributed by atoms with Crippen molar-refractivity contribution >= 4 is 11.7 Å². The molecular weight excluding hydrogens is 220 g/mol. The molecule has 1 aromatic rings. The molecule has 0 aromatic carbocycles. The quantitative estimate of drug-likeness (QED) is 0.343. The number of amidine groups is 1. The molecule has 0 amide bonds. The summed E-state index contributed by atoms with van der Waals surface area (Å²) in [6, 6.07) is 3.84. The second-order valence-corrected chi connectivity index (χ2v) is 4.02. The molecule has 1 aliphatic heterocycles. The molecule has 0 radical (unpaired) electrons. The minimum atomic E-state index is 0.0877. The lowest BCUT2D eigenvalue weighted by Gasteiger charge is -2.24. The molecule has 0 spiro atoms. The van der Waals surface area contributed by atoms with Crippen LogP contribution in [0, 0.1) is 0 Å². The maximum atomic E-state index is 8.64. The van der Waals surface area contributed by atoms with Crippen molar-refractivity contribution in [3.8, 4) is 0 Å². The van der Waals surface area contributed by atoms with Gasteiger partial charge in [-0.2, -0.15) is 0 Å². The summed E-state index contributed by atoms with van der Waals surface area (Å²) in [5, 5.41) is 11.6. The first-order valence-electron chi connectivity index (χ1n) is 5.47. The number of oxime groups is 1. The molecule has 0 bridgehead atoms. The van der Waals surface area contributed by atoms with Crippen LogP contribution in [0.3, 0.4) is 0 Å². The van der Waals surface area contributed by atoms with Crippen LogP contribution in [0.15, 0.2) is 23.5 Å². The molecule has 2 rings (SSSR count). The monoisotopic (exact) mass is 236 g/mol. The Kier molecular flexibility index (Phi) is 3.43. The van der Waals surface area contributed by atoms with E-state index in [9.17, 15) is 0 Å². The number of ether oxygens (including phenoxy) is 1. The van der Waals surface area contributed by atoms with Gasteiger partial charge in [0.25, 0.3) is 0 Å². The smallest absolute Gasteiger partial charge is 0.170 e. The molecule has 92 valence electrons. The summed E-state index contributed by atoms with van der Waals surface area (Å²) in [5.41, 5.74) is 6.20. The van der Waals surface area contributed by atoms with Crippen LogP contribution in [0.25, 0.3) is 0 Å². The molecule has 3 N–H and O–H groups in total. The van der Waals surface area contributed by atoms with Gasteiger partial charge in [0, 0.05) is 25.4 Å². The highest BCUT2D eigenvalue weighted by molar-refractivity contribution is 5.97. The highest BCUT2D eigenvalue weighted by atomic mass is 16.5. The van der Waals surface area contributed by atoms with E-state index in [1.54, 1.807) is 18.3 Å². The third-order valence-corrected chi connectivity index (χ3v) is 2.96. The van der Waals surface area contributed by atoms with E-state index in [-0.39, 0.29) is 5.84 Å². The van der Waals surface area contributed by atoms with E-state index in [0.717, 1.165) is 18.8 Å². The molecule has 0 saturated carbocycles. The van der Waals surface area contributed by atoms with Gasteiger partial charge in [0.05, 0.1) is 12.6 Å². The fraction of sp³-hybridized carbons (Fsp3) is 0.455. The van der Waals surface area contributed by atoms with Gasteiger partial charge in [-0.05, 0) is 18.6 Å². The lowest BCUT2D eigenvalue weighted by atomic mass is 10.2. The second kappa shape index (κ2) is 5.01. The van der Waals surface area contributed by atoms with Crippen LogP contribution in [0.5, 0.6) is 0 Å². The van der Waals surface area contributed by atoms with Gasteiger partial charge in [-0.3, -0.25) is 0 Å². The molecule has 1 aliphatic rings. The molecule has 1 atom stereocenters. The van der Waals surface area contributed by atoms with Crippen molar-refractivity contribution in [2.45, 2.75) is 12.5 Å². The Bertz CT molecular complexity index is 416. The Labute approximate surface area is 99.7 Å². The molecule has 6 nitrogen and oxygen atoms in total. The second-order valence-electron chi connectivity index (χ2n) is 4.02. The lowest BCUT2D eigenvalue weighted by Crippen LogP contribution is -2.32. The van der Waals surface area contributed by atoms with E-state index < -0.39 is 0 Å². The predicted molar refractivity (Wildman–Crippen MR) is 64.4 cm³/mol. The number of anilines is 1. The van der Waals surface area contributed by atoms with E-state index >= 15 is 0 Å². The van der Waals surface area contributed by atoms with Crippen molar-refractivity contribution in [1.29, 1.82) is 0 Å². The van der Waals surface area contributed by atoms with Crippen molar-refractivity contribution in [2.24, 2.45) is 10.9 Å². The average Bonchev–Trinajstić information content (AvgIpc) is 2.91. The van der Waals surface area contributed by atoms with Crippen LogP contribution >= 0.6 is 0 Å². The standard InChI is InChI=1S/C11H16N4O2/c1-15(9-3-5-17-7-9)10-6-8(2-4-13-10)11(12)14-16/h2,4,6,9,16H,3,5,7H2,1H3,(H2,12,14). The summed E-state index contributed by atoms with van der Waals surface area (Å²) >= 11 is 0. The first-order valence-corrected chi connectivity index (χ1v) is 5.47. The third-order valence-electron chi connectivity index (χ3n) is 2.96. The van der Waals surface area contributed by atoms with Crippen LogP contribution < -0.4 is 10.6 Å². The van der Waals surface area contributed by atoms with Gasteiger partial charge in [-0.25, -0.2) is 4.98 Å². The number of hydrogen-bond donors (Lipinski definition) is 2. The highest BCUT2D eigenvalue weighted by Gasteiger charge is 2.21. The summed E-state index contributed by atoms with van der Waals surface area (Å²) in [6.07, 6.45) is 2.64. The molecule has 1 saturated heterocycles. The fourth-order valence-electron chi connectivity index (χ4n) is 1.84. The Balaban J connectivity index is 2.20. The molecule has 0 aliphatic carbocycles. The number of hydrogen-bond acceptors (Lipinski definition) is 5. The van der Waals surface area contributed by atoms with E-state index in [2.05, 4.69) is 15.0 Å². The van der Waals surface area contributed by atoms with Crippen molar-refractivity contribution in [3.05, 3.63) is 23.9 Å². The Morgan fingerprint density at radius 3 is 3.18 bits per heavy atom. The molecule has 1 fully saturated rings. The van der Waals surface area contributed by atoms with Crippen LogP contribution in [0.2, 0.25) is 0 Å². The Morgan fingerprint density at radius 1 is 1.71 bits per heavy atom. The van der Waals surface area contributed by atoms with Crippen molar-refractivity contribution in [2.75, 3.05) is 25.2 Å². The van der Waals surface area contributed by atoms with Gasteiger partial charge < -0.3 is 20.6 Å². The topological polar surface area (TPSA) is 84.0 Å². The SMILES string of the molecule is CN(c1cc(/C(N)=N/O)ccn1)C1CCOC1. The first-order chi connectivity index (χ1) is 8.22. The van der Waals surface area contributed by atoms with Crippen LogP contribution in [0.4, 0.5) is 5.82 Å². The van der Waals surface area contributed by atoms with Crippen molar-refractivity contribution in [3.63, 3.8) is 0 Å². The third kappa shape index (κ3) is 2.47. The average molecular weight is 236 g/mol. The zero-order chi connectivity index (χ0) is 12.3. The number of pyridine rings is 1. The van der Waals surface area contributed by atoms with Gasteiger partial charge >= 0.3 is 0 Å². The normalized spacial score (nSPS) is 20.5. The number of likely N-dealkylation sites (N-methyl/N-ethyl adjacent to an activating group) is 1. The minimum Gasteiger partial charge on any atom is -0.409 e. The summed E-state index contributed by atoms with van der Waals surface area (Å²) in [5.74, 6) is 0.884. The van der Waals surface area contributed by atoms with Crippen molar-refractivity contribution < 1.29 is 9.94 Å². The van der Waals surface area contributed by atoms with Gasteiger partial charge in [0.2, 0.25) is 0 Å². The van der Waals surface area contributed by atoms with Gasteiger partial charge in [0.1, 0.15) is 5.82 Å². The largest absolute Gasteiger partial charge is 0.409 e. The minimum absolute atomic E-state index is 0.0877. The fourth-order valence-corrected chi connectivity index (χ4v) is 1.84. The van der Waals surface area contributed by atoms with Crippen molar-refractivity contribution in [1.82, 2.24) is 4.98 Å². The summed E-state index contributed by atoms with van der Waals surface area (Å²) in [6.45, 7) is 1.50. The lowest BCUT2D eigenvalue weighted by molar-refractivity contribution is 0.193. The van der Waals surface area contributed by atoms with Gasteiger partial charge in [0.15, 0.2) is 5.84 Å². The van der Waals surface area contributed by atoms with Gasteiger partial charge in [-0.15, -0.1) is 0 Å². The Hall–Kier alpha value is -1.82. The molecule has 1 unspecified atom stereocenters. The highest BCUT2D eigenvalue weighted by Crippen LogP contribution is 2.18. The summed E-state index contributed by atoms with van der Waals surface area (Å²) in [7, 11) is 1.97. The zero-order valence-electron chi connectivity index (χ0n) is 9.71. The first kappa shape index (κ1) is 11.7. The molecule has 17 heavy (non-hydrogen) atoms. The number of nitrogens with two attached hydrogens (primary N) is 1. The number of nitrogens with zero attached hydrogens (tertiary/aromatic N) is 3. The number of rotatable bonds is 3. The van der Waals surface area contributed by atoms with Crippen LogP contribution in [0.1, 0.15) is 12.0 Å². The predicted octanol–water partition coefficient (Wildman–Crippen LogP) is 0.401. The molecule has 1 aromatic heterocycles. The molecular formula is C11H16N4O2. The van der Waals surface area contributed by atoms with E-state index in [1.807, 2.05) is 7.05 Å². The van der Waals surface area contributed by atoms with Crippen LogP contribution in [-0.4, -0.2) is 42.3 Å². The Morgan fingerprint density at radius 2 is 2.53 bits per heavy atom. The molecule has 6 heteroatoms. The van der Waals surface area contributed by atoms with Crippen LogP contribution in [-0.2, 0) is 4.74 Å². The maximum Gasteiger partial charge on any atom is 0.170 e. The van der Waals surface area contributed by atoms with Gasteiger partial charge in [-0.1, -0.05) is 5.16 Å². The molecule has 2 heterocycles. The van der Waals surface area contributed by atoms with E-state index in [1.165, 1.54) is 0 Å².